The van der Waals surface area contributed by atoms with Crippen LogP contribution in [0.1, 0.15) is 0 Å². The topological polar surface area (TPSA) is 54.5 Å². The van der Waals surface area contributed by atoms with Gasteiger partial charge in [0.25, 0.3) is 0 Å². The molecule has 8 heteroatoms. The van der Waals surface area contributed by atoms with Crippen LogP contribution >= 0.6 is 0 Å². The lowest BCUT2D eigenvalue weighted by Crippen LogP contribution is -2.44. The Labute approximate surface area is 95.7 Å². The predicted octanol–water partition coefficient (Wildman–Crippen LogP) is 1.54. The second-order valence-electron chi connectivity index (χ2n) is 3.17. The van der Waals surface area contributed by atoms with Gasteiger partial charge in [-0.3, -0.25) is 4.79 Å². The standard InChI is InChI=1S/C9H8F3NO3S/c1-17(15,16)13(8(14)9(10,11)12)7-5-3-2-4-6-7/h2-6H,1H3. The average Bonchev–Trinajstić information content (AvgIpc) is 2.15. The van der Waals surface area contributed by atoms with E-state index in [9.17, 15) is 26.4 Å². The number of alkyl halides is 3. The SMILES string of the molecule is CS(=O)(=O)N(C(=O)C(F)(F)F)c1ccccc1. The maximum atomic E-state index is 12.3. The van der Waals surface area contributed by atoms with Crippen LogP contribution in [0.4, 0.5) is 18.9 Å². The Kier molecular flexibility index (Phi) is 3.46. The maximum Gasteiger partial charge on any atom is 0.472 e. The Morgan fingerprint density at radius 1 is 1.18 bits per heavy atom. The molecule has 0 heterocycles. The Morgan fingerprint density at radius 3 is 2.00 bits per heavy atom. The van der Waals surface area contributed by atoms with Crippen LogP contribution in [-0.2, 0) is 14.8 Å². The minimum absolute atomic E-state index is 0.271. The van der Waals surface area contributed by atoms with E-state index in [-0.39, 0.29) is 9.99 Å². The summed E-state index contributed by atoms with van der Waals surface area (Å²) in [4.78, 5) is 11.0. The van der Waals surface area contributed by atoms with E-state index in [0.29, 0.717) is 6.26 Å². The van der Waals surface area contributed by atoms with Crippen LogP contribution in [0.25, 0.3) is 0 Å². The molecule has 0 atom stereocenters. The van der Waals surface area contributed by atoms with Crippen molar-refractivity contribution in [1.29, 1.82) is 0 Å². The van der Waals surface area contributed by atoms with Crippen molar-refractivity contribution >= 4 is 21.6 Å². The van der Waals surface area contributed by atoms with Gasteiger partial charge in [-0.2, -0.15) is 17.5 Å². The second-order valence-corrected chi connectivity index (χ2v) is 5.00. The van der Waals surface area contributed by atoms with Crippen LogP contribution in [-0.4, -0.2) is 26.8 Å². The molecule has 1 rings (SSSR count). The lowest BCUT2D eigenvalue weighted by molar-refractivity contribution is -0.169. The van der Waals surface area contributed by atoms with Gasteiger partial charge in [-0.05, 0) is 12.1 Å². The van der Waals surface area contributed by atoms with Crippen LogP contribution < -0.4 is 4.31 Å². The summed E-state index contributed by atoms with van der Waals surface area (Å²) in [6.07, 6.45) is -4.72. The largest absolute Gasteiger partial charge is 0.472 e. The number of hydrogen-bond acceptors (Lipinski definition) is 3. The van der Waals surface area contributed by atoms with Gasteiger partial charge >= 0.3 is 12.1 Å². The average molecular weight is 267 g/mol. The quantitative estimate of drug-likeness (QED) is 0.816. The smallest absolute Gasteiger partial charge is 0.263 e. The van der Waals surface area contributed by atoms with Gasteiger partial charge in [0.05, 0.1) is 11.9 Å². The fourth-order valence-electron chi connectivity index (χ4n) is 1.14. The van der Waals surface area contributed by atoms with Crippen LogP contribution in [0.2, 0.25) is 0 Å². The molecule has 0 aliphatic heterocycles. The molecule has 0 aromatic heterocycles. The van der Waals surface area contributed by atoms with Gasteiger partial charge in [0, 0.05) is 0 Å². The first-order chi connectivity index (χ1) is 7.64. The Balaban J connectivity index is 3.31. The minimum atomic E-state index is -5.25. The molecule has 0 bridgehead atoms. The highest BCUT2D eigenvalue weighted by Crippen LogP contribution is 2.25. The number of amides is 1. The highest BCUT2D eigenvalue weighted by Gasteiger charge is 2.46. The van der Waals surface area contributed by atoms with Crippen molar-refractivity contribution in [2.24, 2.45) is 0 Å². The number of halogens is 3. The van der Waals surface area contributed by atoms with Gasteiger partial charge in [-0.15, -0.1) is 0 Å². The van der Waals surface area contributed by atoms with E-state index in [0.717, 1.165) is 12.1 Å². The Morgan fingerprint density at radius 2 is 1.65 bits per heavy atom. The van der Waals surface area contributed by atoms with Gasteiger partial charge in [-0.25, -0.2) is 8.42 Å². The lowest BCUT2D eigenvalue weighted by Gasteiger charge is -2.21. The van der Waals surface area contributed by atoms with Gasteiger partial charge in [0.1, 0.15) is 0 Å². The molecule has 17 heavy (non-hydrogen) atoms. The normalized spacial score (nSPS) is 12.2. The number of para-hydroxylation sites is 1. The van der Waals surface area contributed by atoms with Gasteiger partial charge < -0.3 is 0 Å². The lowest BCUT2D eigenvalue weighted by atomic mass is 10.3. The third kappa shape index (κ3) is 3.19. The number of rotatable bonds is 2. The van der Waals surface area contributed by atoms with E-state index >= 15 is 0 Å². The van der Waals surface area contributed by atoms with E-state index in [2.05, 4.69) is 0 Å². The molecular weight excluding hydrogens is 259 g/mol. The van der Waals surface area contributed by atoms with E-state index in [1.807, 2.05) is 0 Å². The van der Waals surface area contributed by atoms with Crippen LogP contribution in [0.5, 0.6) is 0 Å². The summed E-state index contributed by atoms with van der Waals surface area (Å²) in [5.41, 5.74) is -0.350. The molecule has 0 aliphatic carbocycles. The Bertz CT molecular complexity index is 510. The number of benzene rings is 1. The molecule has 0 fully saturated rings. The van der Waals surface area contributed by atoms with E-state index in [4.69, 9.17) is 0 Å². The fraction of sp³-hybridized carbons (Fsp3) is 0.222. The highest BCUT2D eigenvalue weighted by atomic mass is 32.2. The van der Waals surface area contributed by atoms with Crippen molar-refractivity contribution in [3.8, 4) is 0 Å². The monoisotopic (exact) mass is 267 g/mol. The number of carbonyl (C=O) groups is 1. The summed E-state index contributed by atoms with van der Waals surface area (Å²) >= 11 is 0. The molecule has 0 saturated heterocycles. The predicted molar refractivity (Wildman–Crippen MR) is 54.8 cm³/mol. The van der Waals surface area contributed by atoms with Gasteiger partial charge in [0.2, 0.25) is 10.0 Å². The zero-order valence-electron chi connectivity index (χ0n) is 8.60. The summed E-state index contributed by atoms with van der Waals surface area (Å²) < 4.78 is 59.0. The van der Waals surface area contributed by atoms with E-state index in [1.165, 1.54) is 18.2 Å². The molecule has 0 radical (unpaired) electrons. The van der Waals surface area contributed by atoms with Crippen molar-refractivity contribution in [1.82, 2.24) is 0 Å². The van der Waals surface area contributed by atoms with E-state index in [1.54, 1.807) is 0 Å². The zero-order valence-corrected chi connectivity index (χ0v) is 9.42. The first kappa shape index (κ1) is 13.5. The molecular formula is C9H8F3NO3S. The first-order valence-electron chi connectivity index (χ1n) is 4.30. The summed E-state index contributed by atoms with van der Waals surface area (Å²) in [5.74, 6) is -2.44. The highest BCUT2D eigenvalue weighted by molar-refractivity contribution is 7.92. The molecule has 0 spiro atoms. The molecule has 0 saturated carbocycles. The van der Waals surface area contributed by atoms with Crippen molar-refractivity contribution in [2.45, 2.75) is 6.18 Å². The molecule has 94 valence electrons. The van der Waals surface area contributed by atoms with Gasteiger partial charge in [-0.1, -0.05) is 18.2 Å². The molecule has 1 aromatic rings. The molecule has 0 N–H and O–H groups in total. The number of hydrogen-bond donors (Lipinski definition) is 0. The number of anilines is 1. The second kappa shape index (κ2) is 4.36. The molecule has 4 nitrogen and oxygen atoms in total. The minimum Gasteiger partial charge on any atom is -0.263 e. The molecule has 1 amide bonds. The number of carbonyl (C=O) groups excluding carboxylic acids is 1. The van der Waals surface area contributed by atoms with E-state index < -0.39 is 22.1 Å². The van der Waals surface area contributed by atoms with Crippen molar-refractivity contribution in [3.63, 3.8) is 0 Å². The Hall–Kier alpha value is -1.57. The van der Waals surface area contributed by atoms with Crippen LogP contribution in [0, 0.1) is 0 Å². The third-order valence-electron chi connectivity index (χ3n) is 1.75. The number of nitrogens with zero attached hydrogens (tertiary/aromatic N) is 1. The molecule has 1 aromatic carbocycles. The van der Waals surface area contributed by atoms with Crippen molar-refractivity contribution in [2.75, 3.05) is 10.6 Å². The molecule has 0 unspecified atom stereocenters. The summed E-state index contributed by atoms with van der Waals surface area (Å²) in [6.45, 7) is 0. The summed E-state index contributed by atoms with van der Waals surface area (Å²) in [6, 6.07) is 6.35. The van der Waals surface area contributed by atoms with Gasteiger partial charge in [0.15, 0.2) is 0 Å². The van der Waals surface area contributed by atoms with Crippen LogP contribution in [0.3, 0.4) is 0 Å². The number of sulfonamides is 1. The summed E-state index contributed by atoms with van der Waals surface area (Å²) in [5, 5.41) is 0. The first-order valence-corrected chi connectivity index (χ1v) is 6.15. The summed E-state index contributed by atoms with van der Waals surface area (Å²) in [7, 11) is -4.34. The zero-order chi connectivity index (χ0) is 13.3. The third-order valence-corrected chi connectivity index (χ3v) is 2.79. The van der Waals surface area contributed by atoms with Crippen molar-refractivity contribution < 1.29 is 26.4 Å². The van der Waals surface area contributed by atoms with Crippen LogP contribution in [0.15, 0.2) is 30.3 Å². The van der Waals surface area contributed by atoms with Crippen molar-refractivity contribution in [3.05, 3.63) is 30.3 Å². The fourth-order valence-corrected chi connectivity index (χ4v) is 2.05. The molecule has 0 aliphatic rings. The maximum absolute atomic E-state index is 12.3.